The van der Waals surface area contributed by atoms with Crippen LogP contribution in [0.15, 0.2) is 42.9 Å². The normalized spacial score (nSPS) is 12.4. The Morgan fingerprint density at radius 1 is 1.28 bits per heavy atom. The first-order chi connectivity index (χ1) is 11.8. The van der Waals surface area contributed by atoms with Crippen LogP contribution in [0.3, 0.4) is 0 Å². The van der Waals surface area contributed by atoms with Gasteiger partial charge in [0.15, 0.2) is 0 Å². The van der Waals surface area contributed by atoms with Gasteiger partial charge in [0.25, 0.3) is 0 Å². The second-order valence-electron chi connectivity index (χ2n) is 6.73. The monoisotopic (exact) mass is 345 g/mol. The number of aliphatic carboxylic acids is 1. The van der Waals surface area contributed by atoms with E-state index in [0.717, 1.165) is 5.56 Å². The minimum absolute atomic E-state index is 0.113. The molecule has 7 heteroatoms. The molecule has 0 bridgehead atoms. The highest BCUT2D eigenvalue weighted by atomic mass is 16.6. The van der Waals surface area contributed by atoms with E-state index in [1.165, 1.54) is 11.2 Å². The SMILES string of the molecule is CC(C)(C)OC(=O)N(Cc1ccccc1)C(Cc1cnc[nH]1)C(=O)O. The molecule has 0 fully saturated rings. The van der Waals surface area contributed by atoms with E-state index in [1.54, 1.807) is 27.0 Å². The summed E-state index contributed by atoms with van der Waals surface area (Å²) in [6.07, 6.45) is 2.47. The maximum absolute atomic E-state index is 12.7. The molecule has 0 saturated heterocycles. The molecule has 0 aliphatic heterocycles. The van der Waals surface area contributed by atoms with Gasteiger partial charge >= 0.3 is 12.1 Å². The van der Waals surface area contributed by atoms with Gasteiger partial charge in [-0.25, -0.2) is 14.6 Å². The second-order valence-corrected chi connectivity index (χ2v) is 6.73. The Balaban J connectivity index is 2.29. The van der Waals surface area contributed by atoms with E-state index >= 15 is 0 Å². The molecule has 0 radical (unpaired) electrons. The number of imidazole rings is 1. The van der Waals surface area contributed by atoms with Crippen molar-refractivity contribution in [2.45, 2.75) is 45.4 Å². The molecule has 0 saturated carbocycles. The standard InChI is InChI=1S/C18H23N3O4/c1-18(2,3)25-17(24)21(11-13-7-5-4-6-8-13)15(16(22)23)9-14-10-19-12-20-14/h4-8,10,12,15H,9,11H2,1-3H3,(H,19,20)(H,22,23). The summed E-state index contributed by atoms with van der Waals surface area (Å²) < 4.78 is 5.42. The fourth-order valence-corrected chi connectivity index (χ4v) is 2.34. The lowest BCUT2D eigenvalue weighted by Gasteiger charge is -2.31. The number of aromatic nitrogens is 2. The van der Waals surface area contributed by atoms with Gasteiger partial charge in [0, 0.05) is 24.9 Å². The lowest BCUT2D eigenvalue weighted by atomic mass is 10.1. The fraction of sp³-hybridized carbons (Fsp3) is 0.389. The number of nitrogens with one attached hydrogen (secondary N) is 1. The average Bonchev–Trinajstić information content (AvgIpc) is 3.03. The van der Waals surface area contributed by atoms with Gasteiger partial charge < -0.3 is 14.8 Å². The van der Waals surface area contributed by atoms with Crippen LogP contribution in [0.25, 0.3) is 0 Å². The van der Waals surface area contributed by atoms with E-state index < -0.39 is 23.7 Å². The van der Waals surface area contributed by atoms with Crippen molar-refractivity contribution in [2.24, 2.45) is 0 Å². The Morgan fingerprint density at radius 2 is 1.96 bits per heavy atom. The molecule has 2 aromatic rings. The van der Waals surface area contributed by atoms with Crippen LogP contribution < -0.4 is 0 Å². The van der Waals surface area contributed by atoms with Crippen LogP contribution >= 0.6 is 0 Å². The smallest absolute Gasteiger partial charge is 0.411 e. The lowest BCUT2D eigenvalue weighted by Crippen LogP contribution is -2.48. The summed E-state index contributed by atoms with van der Waals surface area (Å²) in [4.78, 5) is 32.5. The molecule has 0 aliphatic rings. The zero-order valence-electron chi connectivity index (χ0n) is 14.6. The first-order valence-corrected chi connectivity index (χ1v) is 8.00. The molecule has 1 atom stereocenters. The number of ether oxygens (including phenoxy) is 1. The van der Waals surface area contributed by atoms with Crippen LogP contribution in [-0.2, 0) is 22.5 Å². The summed E-state index contributed by atoms with van der Waals surface area (Å²) in [5.74, 6) is -1.10. The van der Waals surface area contributed by atoms with Gasteiger partial charge in [-0.15, -0.1) is 0 Å². The van der Waals surface area contributed by atoms with Gasteiger partial charge in [-0.05, 0) is 26.3 Å². The molecule has 2 N–H and O–H groups in total. The van der Waals surface area contributed by atoms with Crippen molar-refractivity contribution < 1.29 is 19.4 Å². The Hall–Kier alpha value is -2.83. The summed E-state index contributed by atoms with van der Waals surface area (Å²) in [6, 6.07) is 8.15. The maximum atomic E-state index is 12.7. The van der Waals surface area contributed by atoms with Crippen molar-refractivity contribution in [1.29, 1.82) is 0 Å². The van der Waals surface area contributed by atoms with Gasteiger partial charge in [-0.2, -0.15) is 0 Å². The Bertz CT molecular complexity index is 693. The van der Waals surface area contributed by atoms with Crippen LogP contribution in [0.5, 0.6) is 0 Å². The van der Waals surface area contributed by atoms with Gasteiger partial charge in [-0.3, -0.25) is 4.90 Å². The number of carboxylic acid groups (broad SMARTS) is 1. The number of rotatable bonds is 6. The van der Waals surface area contributed by atoms with Crippen LogP contribution in [0, 0.1) is 0 Å². The summed E-state index contributed by atoms with van der Waals surface area (Å²) in [5, 5.41) is 9.68. The molecule has 0 aliphatic carbocycles. The first kappa shape index (κ1) is 18.5. The second kappa shape index (κ2) is 7.83. The quantitative estimate of drug-likeness (QED) is 0.839. The van der Waals surface area contributed by atoms with Crippen LogP contribution in [0.2, 0.25) is 0 Å². The zero-order chi connectivity index (χ0) is 18.4. The fourth-order valence-electron chi connectivity index (χ4n) is 2.34. The molecular weight excluding hydrogens is 322 g/mol. The number of carboxylic acids is 1. The predicted octanol–water partition coefficient (Wildman–Crippen LogP) is 2.84. The van der Waals surface area contributed by atoms with E-state index in [-0.39, 0.29) is 13.0 Å². The largest absolute Gasteiger partial charge is 0.480 e. The maximum Gasteiger partial charge on any atom is 0.411 e. The third-order valence-corrected chi connectivity index (χ3v) is 3.45. The molecule has 1 unspecified atom stereocenters. The molecule has 1 amide bonds. The van der Waals surface area contributed by atoms with E-state index in [1.807, 2.05) is 30.3 Å². The molecule has 7 nitrogen and oxygen atoms in total. The molecular formula is C18H23N3O4. The number of hydrogen-bond donors (Lipinski definition) is 2. The Morgan fingerprint density at radius 3 is 2.48 bits per heavy atom. The molecule has 1 heterocycles. The van der Waals surface area contributed by atoms with Crippen molar-refractivity contribution in [3.05, 3.63) is 54.1 Å². The number of carbonyl (C=O) groups is 2. The van der Waals surface area contributed by atoms with Crippen molar-refractivity contribution in [3.63, 3.8) is 0 Å². The molecule has 134 valence electrons. The Kier molecular flexibility index (Phi) is 5.80. The Labute approximate surface area is 146 Å². The van der Waals surface area contributed by atoms with Gasteiger partial charge in [0.1, 0.15) is 11.6 Å². The number of amides is 1. The van der Waals surface area contributed by atoms with E-state index in [9.17, 15) is 14.7 Å². The zero-order valence-corrected chi connectivity index (χ0v) is 14.6. The predicted molar refractivity (Wildman–Crippen MR) is 91.9 cm³/mol. The van der Waals surface area contributed by atoms with Gasteiger partial charge in [-0.1, -0.05) is 30.3 Å². The molecule has 0 spiro atoms. The van der Waals surface area contributed by atoms with E-state index in [0.29, 0.717) is 5.69 Å². The summed E-state index contributed by atoms with van der Waals surface area (Å²) in [5.41, 5.74) is 0.738. The molecule has 2 rings (SSSR count). The minimum atomic E-state index is -1.10. The highest BCUT2D eigenvalue weighted by Gasteiger charge is 2.33. The summed E-state index contributed by atoms with van der Waals surface area (Å²) in [7, 11) is 0. The van der Waals surface area contributed by atoms with Crippen LogP contribution in [0.1, 0.15) is 32.0 Å². The average molecular weight is 345 g/mol. The summed E-state index contributed by atoms with van der Waals surface area (Å²) >= 11 is 0. The van der Waals surface area contributed by atoms with Crippen molar-refractivity contribution in [2.75, 3.05) is 0 Å². The number of hydrogen-bond acceptors (Lipinski definition) is 4. The van der Waals surface area contributed by atoms with Crippen LogP contribution in [-0.4, -0.2) is 43.7 Å². The van der Waals surface area contributed by atoms with Crippen molar-refractivity contribution in [1.82, 2.24) is 14.9 Å². The highest BCUT2D eigenvalue weighted by molar-refractivity contribution is 5.80. The minimum Gasteiger partial charge on any atom is -0.480 e. The third kappa shape index (κ3) is 5.63. The third-order valence-electron chi connectivity index (χ3n) is 3.45. The number of aromatic amines is 1. The highest BCUT2D eigenvalue weighted by Crippen LogP contribution is 2.17. The lowest BCUT2D eigenvalue weighted by molar-refractivity contribution is -0.143. The number of nitrogens with zero attached hydrogens (tertiary/aromatic N) is 2. The van der Waals surface area contributed by atoms with E-state index in [2.05, 4.69) is 9.97 Å². The topological polar surface area (TPSA) is 95.5 Å². The number of H-pyrrole nitrogens is 1. The summed E-state index contributed by atoms with van der Waals surface area (Å²) in [6.45, 7) is 5.38. The number of carbonyl (C=O) groups excluding carboxylic acids is 1. The van der Waals surface area contributed by atoms with Gasteiger partial charge in [0.05, 0.1) is 6.33 Å². The van der Waals surface area contributed by atoms with Crippen molar-refractivity contribution in [3.8, 4) is 0 Å². The number of benzene rings is 1. The van der Waals surface area contributed by atoms with Crippen molar-refractivity contribution >= 4 is 12.1 Å². The van der Waals surface area contributed by atoms with Crippen LogP contribution in [0.4, 0.5) is 4.79 Å². The first-order valence-electron chi connectivity index (χ1n) is 8.00. The molecule has 1 aromatic heterocycles. The van der Waals surface area contributed by atoms with E-state index in [4.69, 9.17) is 4.74 Å². The molecule has 25 heavy (non-hydrogen) atoms. The molecule has 1 aromatic carbocycles. The van der Waals surface area contributed by atoms with Gasteiger partial charge in [0.2, 0.25) is 0 Å².